The summed E-state index contributed by atoms with van der Waals surface area (Å²) in [5.41, 5.74) is 10.1. The Kier molecular flexibility index (Phi) is 3.82. The summed E-state index contributed by atoms with van der Waals surface area (Å²) in [6, 6.07) is 15.5. The fraction of sp³-hybridized carbons (Fsp3) is 0.105. The van der Waals surface area contributed by atoms with Gasteiger partial charge in [-0.2, -0.15) is 0 Å². The maximum absolute atomic E-state index is 12.4. The summed E-state index contributed by atoms with van der Waals surface area (Å²) >= 11 is 1.51. The lowest BCUT2D eigenvalue weighted by molar-refractivity contribution is 0.0963. The Morgan fingerprint density at radius 3 is 2.68 bits per heavy atom. The summed E-state index contributed by atoms with van der Waals surface area (Å²) in [7, 11) is 0. The van der Waals surface area contributed by atoms with E-state index >= 15 is 0 Å². The number of thiazole rings is 1. The van der Waals surface area contributed by atoms with Gasteiger partial charge in [-0.25, -0.2) is 4.98 Å². The van der Waals surface area contributed by atoms with Crippen LogP contribution in [-0.2, 0) is 0 Å². The van der Waals surface area contributed by atoms with Crippen LogP contribution in [0.5, 0.6) is 0 Å². The molecule has 0 atom stereocenters. The molecule has 0 saturated carbocycles. The smallest absolute Gasteiger partial charge is 0.269 e. The zero-order valence-electron chi connectivity index (χ0n) is 13.8. The molecule has 0 aliphatic carbocycles. The van der Waals surface area contributed by atoms with Crippen LogP contribution in [0.2, 0.25) is 0 Å². The molecule has 0 saturated heterocycles. The number of pyridine rings is 1. The summed E-state index contributed by atoms with van der Waals surface area (Å²) < 4.78 is 1.09. The molecule has 6 heteroatoms. The third-order valence-electron chi connectivity index (χ3n) is 3.92. The SMILES string of the molecule is Cc1ccc2nc(NNC(=O)c3ccc4nc(C)ccc4c3)sc2c1. The molecule has 0 aliphatic rings. The van der Waals surface area contributed by atoms with Crippen LogP contribution in [0.1, 0.15) is 21.6 Å². The van der Waals surface area contributed by atoms with Crippen molar-refractivity contribution in [2.24, 2.45) is 0 Å². The van der Waals surface area contributed by atoms with Crippen LogP contribution in [0.3, 0.4) is 0 Å². The highest BCUT2D eigenvalue weighted by Crippen LogP contribution is 2.26. The highest BCUT2D eigenvalue weighted by atomic mass is 32.1. The van der Waals surface area contributed by atoms with Crippen molar-refractivity contribution in [3.05, 3.63) is 65.4 Å². The number of nitrogens with one attached hydrogen (secondary N) is 2. The summed E-state index contributed by atoms with van der Waals surface area (Å²) in [5.74, 6) is -0.210. The molecular formula is C19H16N4OS. The minimum absolute atomic E-state index is 0.210. The first kappa shape index (κ1) is 15.5. The van der Waals surface area contributed by atoms with Crippen molar-refractivity contribution in [1.82, 2.24) is 15.4 Å². The van der Waals surface area contributed by atoms with Gasteiger partial charge in [-0.1, -0.05) is 23.5 Å². The number of nitrogens with zero attached hydrogens (tertiary/aromatic N) is 2. The largest absolute Gasteiger partial charge is 0.273 e. The van der Waals surface area contributed by atoms with E-state index in [9.17, 15) is 4.79 Å². The Balaban J connectivity index is 1.52. The van der Waals surface area contributed by atoms with Gasteiger partial charge in [-0.3, -0.25) is 20.6 Å². The molecule has 0 unspecified atom stereocenters. The number of hydrazine groups is 1. The standard InChI is InChI=1S/C19H16N4OS/c1-11-3-7-16-17(9-11)25-19(21-16)23-22-18(24)14-6-8-15-13(10-14)5-4-12(2)20-15/h3-10H,1-2H3,(H,21,23)(H,22,24). The van der Waals surface area contributed by atoms with Gasteiger partial charge in [0.25, 0.3) is 5.91 Å². The highest BCUT2D eigenvalue weighted by Gasteiger charge is 2.09. The first-order valence-corrected chi connectivity index (χ1v) is 8.71. The summed E-state index contributed by atoms with van der Waals surface area (Å²) in [4.78, 5) is 21.3. The van der Waals surface area contributed by atoms with E-state index in [0.717, 1.165) is 26.8 Å². The van der Waals surface area contributed by atoms with Gasteiger partial charge in [0.15, 0.2) is 0 Å². The highest BCUT2D eigenvalue weighted by molar-refractivity contribution is 7.22. The molecule has 2 heterocycles. The van der Waals surface area contributed by atoms with Crippen LogP contribution in [-0.4, -0.2) is 15.9 Å². The fourth-order valence-electron chi connectivity index (χ4n) is 2.64. The van der Waals surface area contributed by atoms with E-state index in [-0.39, 0.29) is 5.91 Å². The van der Waals surface area contributed by atoms with Crippen LogP contribution in [0, 0.1) is 13.8 Å². The number of aromatic nitrogens is 2. The lowest BCUT2D eigenvalue weighted by Gasteiger charge is -2.06. The molecule has 4 aromatic rings. The minimum atomic E-state index is -0.210. The molecule has 0 bridgehead atoms. The van der Waals surface area contributed by atoms with Crippen LogP contribution in [0.15, 0.2) is 48.5 Å². The van der Waals surface area contributed by atoms with Crippen molar-refractivity contribution in [2.45, 2.75) is 13.8 Å². The Labute approximate surface area is 148 Å². The molecule has 2 N–H and O–H groups in total. The van der Waals surface area contributed by atoms with Crippen molar-refractivity contribution in [3.8, 4) is 0 Å². The van der Waals surface area contributed by atoms with Crippen molar-refractivity contribution in [2.75, 3.05) is 5.43 Å². The zero-order valence-corrected chi connectivity index (χ0v) is 14.6. The third kappa shape index (κ3) is 3.16. The fourth-order valence-corrected chi connectivity index (χ4v) is 3.55. The van der Waals surface area contributed by atoms with Gasteiger partial charge in [0.1, 0.15) is 0 Å². The number of hydrogen-bond acceptors (Lipinski definition) is 5. The quantitative estimate of drug-likeness (QED) is 0.544. The topological polar surface area (TPSA) is 66.9 Å². The minimum Gasteiger partial charge on any atom is -0.273 e. The van der Waals surface area contributed by atoms with E-state index in [1.54, 1.807) is 6.07 Å². The molecule has 25 heavy (non-hydrogen) atoms. The Bertz CT molecular complexity index is 1100. The van der Waals surface area contributed by atoms with Gasteiger partial charge in [-0.15, -0.1) is 0 Å². The van der Waals surface area contributed by atoms with E-state index in [1.165, 1.54) is 16.9 Å². The predicted molar refractivity (Wildman–Crippen MR) is 102 cm³/mol. The molecule has 5 nitrogen and oxygen atoms in total. The third-order valence-corrected chi connectivity index (χ3v) is 4.85. The van der Waals surface area contributed by atoms with Crippen molar-refractivity contribution in [1.29, 1.82) is 0 Å². The average molecular weight is 348 g/mol. The molecule has 0 radical (unpaired) electrons. The van der Waals surface area contributed by atoms with Crippen molar-refractivity contribution < 1.29 is 4.79 Å². The lowest BCUT2D eigenvalue weighted by Crippen LogP contribution is -2.29. The van der Waals surface area contributed by atoms with E-state index in [4.69, 9.17) is 0 Å². The second kappa shape index (κ2) is 6.14. The number of hydrogen-bond donors (Lipinski definition) is 2. The van der Waals surface area contributed by atoms with Crippen molar-refractivity contribution in [3.63, 3.8) is 0 Å². The van der Waals surface area contributed by atoms with Gasteiger partial charge < -0.3 is 0 Å². The average Bonchev–Trinajstić information content (AvgIpc) is 3.01. The van der Waals surface area contributed by atoms with Crippen LogP contribution in [0.25, 0.3) is 21.1 Å². The van der Waals surface area contributed by atoms with E-state index in [2.05, 4.69) is 26.9 Å². The predicted octanol–water partition coefficient (Wildman–Crippen LogP) is 4.22. The number of carbonyl (C=O) groups excluding carboxylic acids is 1. The van der Waals surface area contributed by atoms with Crippen LogP contribution in [0.4, 0.5) is 5.13 Å². The number of carbonyl (C=O) groups is 1. The second-order valence-electron chi connectivity index (χ2n) is 5.93. The number of aryl methyl sites for hydroxylation is 2. The zero-order chi connectivity index (χ0) is 17.4. The van der Waals surface area contributed by atoms with Crippen molar-refractivity contribution >= 4 is 43.5 Å². The number of rotatable bonds is 3. The Morgan fingerprint density at radius 2 is 1.80 bits per heavy atom. The molecule has 2 aromatic heterocycles. The maximum atomic E-state index is 12.4. The van der Waals surface area contributed by atoms with E-state index in [0.29, 0.717) is 10.7 Å². The van der Waals surface area contributed by atoms with Gasteiger partial charge in [0.2, 0.25) is 5.13 Å². The van der Waals surface area contributed by atoms with Gasteiger partial charge in [-0.05, 0) is 55.8 Å². The van der Waals surface area contributed by atoms with E-state index in [1.807, 2.05) is 50.2 Å². The number of amides is 1. The lowest BCUT2D eigenvalue weighted by atomic mass is 10.1. The Morgan fingerprint density at radius 1 is 0.960 bits per heavy atom. The maximum Gasteiger partial charge on any atom is 0.269 e. The summed E-state index contributed by atoms with van der Waals surface area (Å²) in [6.45, 7) is 3.99. The molecule has 4 rings (SSSR count). The Hall–Kier alpha value is -2.99. The van der Waals surface area contributed by atoms with Gasteiger partial charge in [0, 0.05) is 16.6 Å². The summed E-state index contributed by atoms with van der Waals surface area (Å²) in [5, 5.41) is 1.60. The normalized spacial score (nSPS) is 11.0. The molecule has 1 amide bonds. The second-order valence-corrected chi connectivity index (χ2v) is 6.96. The molecule has 0 aliphatic heterocycles. The molecule has 124 valence electrons. The molecule has 0 spiro atoms. The van der Waals surface area contributed by atoms with Crippen LogP contribution >= 0.6 is 11.3 Å². The van der Waals surface area contributed by atoms with Gasteiger partial charge in [0.05, 0.1) is 15.7 Å². The number of fused-ring (bicyclic) bond motifs is 2. The number of anilines is 1. The first-order valence-electron chi connectivity index (χ1n) is 7.89. The molecular weight excluding hydrogens is 332 g/mol. The first-order chi connectivity index (χ1) is 12.1. The molecule has 0 fully saturated rings. The molecule has 2 aromatic carbocycles. The number of benzene rings is 2. The van der Waals surface area contributed by atoms with E-state index < -0.39 is 0 Å². The monoisotopic (exact) mass is 348 g/mol. The summed E-state index contributed by atoms with van der Waals surface area (Å²) in [6.07, 6.45) is 0. The van der Waals surface area contributed by atoms with Crippen LogP contribution < -0.4 is 10.9 Å². The van der Waals surface area contributed by atoms with Gasteiger partial charge >= 0.3 is 0 Å².